The molecule has 1 fully saturated rings. The third-order valence-electron chi connectivity index (χ3n) is 4.43. The summed E-state index contributed by atoms with van der Waals surface area (Å²) in [6.45, 7) is 7.21. The summed E-state index contributed by atoms with van der Waals surface area (Å²) in [5.41, 5.74) is 1.10. The normalized spacial score (nSPS) is 16.5. The Hall–Kier alpha value is -2.04. The van der Waals surface area contributed by atoms with Crippen LogP contribution >= 0.6 is 0 Å². The maximum absolute atomic E-state index is 12.6. The van der Waals surface area contributed by atoms with E-state index >= 15 is 0 Å². The van der Waals surface area contributed by atoms with Gasteiger partial charge in [-0.25, -0.2) is 0 Å². The third kappa shape index (κ3) is 4.49. The largest absolute Gasteiger partial charge is 0.481 e. The first kappa shape index (κ1) is 18.3. The van der Waals surface area contributed by atoms with Crippen molar-refractivity contribution in [3.05, 3.63) is 29.8 Å². The molecule has 1 aromatic rings. The Balaban J connectivity index is 1.89. The molecule has 0 aromatic heterocycles. The van der Waals surface area contributed by atoms with Crippen molar-refractivity contribution in [1.82, 2.24) is 4.90 Å². The fourth-order valence-corrected chi connectivity index (χ4v) is 3.00. The molecule has 1 unspecified atom stereocenters. The summed E-state index contributed by atoms with van der Waals surface area (Å²) in [4.78, 5) is 26.1. The molecule has 1 aliphatic heterocycles. The molecule has 1 aromatic carbocycles. The van der Waals surface area contributed by atoms with Crippen molar-refractivity contribution in [3.63, 3.8) is 0 Å². The Morgan fingerprint density at radius 2 is 1.88 bits per heavy atom. The van der Waals surface area contributed by atoms with Crippen molar-refractivity contribution in [2.45, 2.75) is 46.1 Å². The summed E-state index contributed by atoms with van der Waals surface area (Å²) >= 11 is 0. The van der Waals surface area contributed by atoms with E-state index in [9.17, 15) is 9.59 Å². The molecule has 2 rings (SSSR count). The highest BCUT2D eigenvalue weighted by Crippen LogP contribution is 2.22. The van der Waals surface area contributed by atoms with Crippen molar-refractivity contribution in [2.75, 3.05) is 19.7 Å². The number of hydrogen-bond donors (Lipinski definition) is 0. The lowest BCUT2D eigenvalue weighted by atomic mass is 9.96. The van der Waals surface area contributed by atoms with E-state index in [-0.39, 0.29) is 17.8 Å². The second-order valence-electron chi connectivity index (χ2n) is 6.07. The zero-order valence-corrected chi connectivity index (χ0v) is 14.8. The minimum Gasteiger partial charge on any atom is -0.481 e. The van der Waals surface area contributed by atoms with Crippen LogP contribution in [0.3, 0.4) is 0 Å². The molecule has 0 bridgehead atoms. The number of rotatable bonds is 6. The van der Waals surface area contributed by atoms with Crippen LogP contribution in [-0.4, -0.2) is 42.6 Å². The molecule has 24 heavy (non-hydrogen) atoms. The fraction of sp³-hybridized carbons (Fsp3) is 0.579. The van der Waals surface area contributed by atoms with Crippen LogP contribution in [0.25, 0.3) is 0 Å². The van der Waals surface area contributed by atoms with Gasteiger partial charge >= 0.3 is 5.97 Å². The van der Waals surface area contributed by atoms with E-state index in [0.717, 1.165) is 17.7 Å². The maximum atomic E-state index is 12.6. The zero-order chi connectivity index (χ0) is 17.5. The van der Waals surface area contributed by atoms with Gasteiger partial charge in [-0.1, -0.05) is 25.1 Å². The number of carbonyl (C=O) groups is 2. The smallest absolute Gasteiger partial charge is 0.309 e. The summed E-state index contributed by atoms with van der Waals surface area (Å²) in [5.74, 6) is 0.502. The van der Waals surface area contributed by atoms with Crippen molar-refractivity contribution >= 4 is 11.9 Å². The summed E-state index contributed by atoms with van der Waals surface area (Å²) in [6, 6.07) is 7.79. The summed E-state index contributed by atoms with van der Waals surface area (Å²) in [6.07, 6.45) is 1.64. The predicted octanol–water partition coefficient (Wildman–Crippen LogP) is 2.82. The van der Waals surface area contributed by atoms with Gasteiger partial charge in [-0.05, 0) is 44.7 Å². The molecule has 0 saturated carbocycles. The molecule has 1 saturated heterocycles. The topological polar surface area (TPSA) is 55.8 Å². The van der Waals surface area contributed by atoms with Gasteiger partial charge in [-0.2, -0.15) is 0 Å². The Labute approximate surface area is 143 Å². The van der Waals surface area contributed by atoms with E-state index < -0.39 is 6.10 Å². The van der Waals surface area contributed by atoms with Gasteiger partial charge in [0.1, 0.15) is 5.75 Å². The highest BCUT2D eigenvalue weighted by molar-refractivity contribution is 5.81. The van der Waals surface area contributed by atoms with E-state index in [1.807, 2.05) is 31.2 Å². The first-order valence-electron chi connectivity index (χ1n) is 8.76. The van der Waals surface area contributed by atoms with E-state index in [1.165, 1.54) is 0 Å². The Bertz CT molecular complexity index is 564. The van der Waals surface area contributed by atoms with Crippen molar-refractivity contribution in [2.24, 2.45) is 5.92 Å². The molecule has 0 aliphatic carbocycles. The number of hydrogen-bond acceptors (Lipinski definition) is 4. The van der Waals surface area contributed by atoms with E-state index in [2.05, 4.69) is 6.92 Å². The Morgan fingerprint density at radius 3 is 2.50 bits per heavy atom. The number of likely N-dealkylation sites (tertiary alicyclic amines) is 1. The lowest BCUT2D eigenvalue weighted by Crippen LogP contribution is -2.46. The van der Waals surface area contributed by atoms with E-state index in [4.69, 9.17) is 9.47 Å². The molecule has 1 atom stereocenters. The van der Waals surface area contributed by atoms with Gasteiger partial charge in [0.25, 0.3) is 5.91 Å². The van der Waals surface area contributed by atoms with Crippen LogP contribution in [0.5, 0.6) is 5.75 Å². The van der Waals surface area contributed by atoms with Crippen LogP contribution in [0, 0.1) is 5.92 Å². The molecule has 132 valence electrons. The van der Waals surface area contributed by atoms with Crippen molar-refractivity contribution in [3.8, 4) is 5.75 Å². The SMILES string of the molecule is CCOC(=O)C1CCN(C(=O)C(C)Oc2ccccc2CC)CC1. The third-order valence-corrected chi connectivity index (χ3v) is 4.43. The minimum absolute atomic E-state index is 0.0248. The Morgan fingerprint density at radius 1 is 1.21 bits per heavy atom. The van der Waals surface area contributed by atoms with Gasteiger partial charge in [0.05, 0.1) is 12.5 Å². The van der Waals surface area contributed by atoms with E-state index in [0.29, 0.717) is 32.5 Å². The van der Waals surface area contributed by atoms with Crippen LogP contribution in [0.1, 0.15) is 39.2 Å². The maximum Gasteiger partial charge on any atom is 0.309 e. The summed E-state index contributed by atoms with van der Waals surface area (Å²) in [5, 5.41) is 0. The molecule has 0 spiro atoms. The number of aryl methyl sites for hydroxylation is 1. The van der Waals surface area contributed by atoms with Crippen molar-refractivity contribution in [1.29, 1.82) is 0 Å². The lowest BCUT2D eigenvalue weighted by molar-refractivity contribution is -0.152. The second-order valence-corrected chi connectivity index (χ2v) is 6.07. The molecule has 0 N–H and O–H groups in total. The van der Waals surface area contributed by atoms with Crippen molar-refractivity contribution < 1.29 is 19.1 Å². The molecule has 0 radical (unpaired) electrons. The predicted molar refractivity (Wildman–Crippen MR) is 91.8 cm³/mol. The number of ether oxygens (including phenoxy) is 2. The zero-order valence-electron chi connectivity index (χ0n) is 14.8. The average Bonchev–Trinajstić information content (AvgIpc) is 2.61. The number of nitrogens with zero attached hydrogens (tertiary/aromatic N) is 1. The highest BCUT2D eigenvalue weighted by Gasteiger charge is 2.30. The number of amides is 1. The number of benzene rings is 1. The quantitative estimate of drug-likeness (QED) is 0.751. The number of para-hydroxylation sites is 1. The van der Waals surface area contributed by atoms with Crippen LogP contribution in [0.2, 0.25) is 0 Å². The molecular weight excluding hydrogens is 306 g/mol. The van der Waals surface area contributed by atoms with Crippen LogP contribution in [0.4, 0.5) is 0 Å². The Kier molecular flexibility index (Phi) is 6.64. The minimum atomic E-state index is -0.531. The molecule has 5 heteroatoms. The van der Waals surface area contributed by atoms with Gasteiger partial charge in [0.2, 0.25) is 0 Å². The lowest BCUT2D eigenvalue weighted by Gasteiger charge is -2.32. The molecule has 1 aliphatic rings. The fourth-order valence-electron chi connectivity index (χ4n) is 3.00. The second kappa shape index (κ2) is 8.71. The summed E-state index contributed by atoms with van der Waals surface area (Å²) < 4.78 is 10.9. The van der Waals surface area contributed by atoms with Crippen LogP contribution in [-0.2, 0) is 20.7 Å². The molecular formula is C19H27NO4. The highest BCUT2D eigenvalue weighted by atomic mass is 16.5. The molecule has 5 nitrogen and oxygen atoms in total. The number of esters is 1. The van der Waals surface area contributed by atoms with Gasteiger partial charge < -0.3 is 14.4 Å². The first-order valence-corrected chi connectivity index (χ1v) is 8.76. The number of carbonyl (C=O) groups excluding carboxylic acids is 2. The van der Waals surface area contributed by atoms with Gasteiger partial charge in [-0.3, -0.25) is 9.59 Å². The number of piperidine rings is 1. The van der Waals surface area contributed by atoms with Gasteiger partial charge in [0.15, 0.2) is 6.10 Å². The monoisotopic (exact) mass is 333 g/mol. The standard InChI is InChI=1S/C19H27NO4/c1-4-15-8-6-7-9-17(15)24-14(3)18(21)20-12-10-16(11-13-20)19(22)23-5-2/h6-9,14,16H,4-5,10-13H2,1-3H3. The first-order chi connectivity index (χ1) is 11.6. The average molecular weight is 333 g/mol. The van der Waals surface area contributed by atoms with Gasteiger partial charge in [0, 0.05) is 13.1 Å². The van der Waals surface area contributed by atoms with Crippen LogP contribution < -0.4 is 4.74 Å². The van der Waals surface area contributed by atoms with E-state index in [1.54, 1.807) is 11.8 Å². The van der Waals surface area contributed by atoms with Crippen LogP contribution in [0.15, 0.2) is 24.3 Å². The van der Waals surface area contributed by atoms with Gasteiger partial charge in [-0.15, -0.1) is 0 Å². The molecule has 1 heterocycles. The molecule has 1 amide bonds. The summed E-state index contributed by atoms with van der Waals surface area (Å²) in [7, 11) is 0.